The lowest BCUT2D eigenvalue weighted by molar-refractivity contribution is -0.140. The Kier molecular flexibility index (Phi) is 7.88. The van der Waals surface area contributed by atoms with E-state index in [1.165, 1.54) is 9.46 Å². The molecule has 3 aromatic rings. The lowest BCUT2D eigenvalue weighted by atomic mass is 10.0. The van der Waals surface area contributed by atoms with Crippen molar-refractivity contribution in [1.82, 2.24) is 9.47 Å². The van der Waals surface area contributed by atoms with Gasteiger partial charge in [0.25, 0.3) is 0 Å². The van der Waals surface area contributed by atoms with Crippen LogP contribution in [0, 0.1) is 18.8 Å². The Morgan fingerprint density at radius 2 is 1.80 bits per heavy atom. The Hall–Kier alpha value is -2.76. The van der Waals surface area contributed by atoms with Gasteiger partial charge in [-0.3, -0.25) is 0 Å². The van der Waals surface area contributed by atoms with Crippen molar-refractivity contribution in [1.29, 1.82) is 0 Å². The number of aromatic nitrogens is 1. The summed E-state index contributed by atoms with van der Waals surface area (Å²) in [5.74, 6) is 5.99. The normalized spacial score (nSPS) is 15.1. The van der Waals surface area contributed by atoms with Crippen LogP contribution in [0.2, 0.25) is 0 Å². The molecule has 2 aromatic carbocycles. The smallest absolute Gasteiger partial charge is 0.381 e. The zero-order valence-electron chi connectivity index (χ0n) is 20.3. The van der Waals surface area contributed by atoms with Crippen LogP contribution in [-0.4, -0.2) is 54.6 Å². The minimum absolute atomic E-state index is 0.303. The summed E-state index contributed by atoms with van der Waals surface area (Å²) in [4.78, 5) is 3.46. The Balaban J connectivity index is 1.61. The lowest BCUT2D eigenvalue weighted by Gasteiger charge is -2.30. The van der Waals surface area contributed by atoms with Crippen LogP contribution in [0.5, 0.6) is 0 Å². The molecule has 0 radical (unpaired) electrons. The number of thioether (sulfide) groups is 1. The molecular weight excluding hydrogens is 469 g/mol. The predicted molar refractivity (Wildman–Crippen MR) is 140 cm³/mol. The zero-order valence-corrected chi connectivity index (χ0v) is 21.1. The molecule has 0 saturated carbocycles. The second-order valence-electron chi connectivity index (χ2n) is 9.03. The van der Waals surface area contributed by atoms with Crippen LogP contribution in [0.15, 0.2) is 47.4 Å². The molecule has 1 aromatic heterocycles. The van der Waals surface area contributed by atoms with Crippen molar-refractivity contribution in [2.24, 2.45) is 0 Å². The number of aryl methyl sites for hydroxylation is 1. The molecule has 0 spiro atoms. The van der Waals surface area contributed by atoms with Crippen LogP contribution in [0.1, 0.15) is 24.1 Å². The van der Waals surface area contributed by atoms with Crippen LogP contribution in [0.4, 0.5) is 24.5 Å². The fourth-order valence-electron chi connectivity index (χ4n) is 4.44. The molecule has 0 bridgehead atoms. The Bertz CT molecular complexity index is 1210. The van der Waals surface area contributed by atoms with E-state index in [0.717, 1.165) is 48.3 Å². The van der Waals surface area contributed by atoms with Gasteiger partial charge in [0.15, 0.2) is 0 Å². The van der Waals surface area contributed by atoms with Gasteiger partial charge in [-0.15, -0.1) is 11.8 Å². The highest BCUT2D eigenvalue weighted by Crippen LogP contribution is 2.33. The molecule has 1 aliphatic heterocycles. The van der Waals surface area contributed by atoms with E-state index in [-0.39, 0.29) is 0 Å². The number of fused-ring (bicyclic) bond motifs is 1. The maximum atomic E-state index is 13.5. The number of halogens is 3. The van der Waals surface area contributed by atoms with Crippen LogP contribution >= 0.6 is 11.8 Å². The molecular formula is C27H31F3N4S. The lowest BCUT2D eigenvalue weighted by Crippen LogP contribution is -2.36. The maximum absolute atomic E-state index is 13.5. The second kappa shape index (κ2) is 10.9. The topological polar surface area (TPSA) is 32.2 Å². The number of benzene rings is 2. The molecule has 8 heteroatoms. The number of piperidine rings is 1. The van der Waals surface area contributed by atoms with E-state index in [9.17, 15) is 13.2 Å². The van der Waals surface area contributed by atoms with Crippen LogP contribution in [-0.2, 0) is 6.54 Å². The summed E-state index contributed by atoms with van der Waals surface area (Å²) in [6.45, 7) is 3.28. The SMILES string of the molecule is CSc1ccc(NCC#Cc2cc3c(NC4CCN(C)CC4)c(C)ccc3n2CC(F)(F)F)cc1. The quantitative estimate of drug-likeness (QED) is 0.312. The third-order valence-corrected chi connectivity index (χ3v) is 7.13. The van der Waals surface area contributed by atoms with Gasteiger partial charge in [-0.05, 0) is 94.0 Å². The number of anilines is 2. The van der Waals surface area contributed by atoms with Gasteiger partial charge in [0, 0.05) is 27.7 Å². The number of hydrogen-bond acceptors (Lipinski definition) is 4. The van der Waals surface area contributed by atoms with E-state index < -0.39 is 12.7 Å². The van der Waals surface area contributed by atoms with Gasteiger partial charge in [-0.1, -0.05) is 12.0 Å². The molecule has 4 rings (SSSR count). The van der Waals surface area contributed by atoms with Crippen molar-refractivity contribution in [3.8, 4) is 11.8 Å². The highest BCUT2D eigenvalue weighted by molar-refractivity contribution is 7.98. The van der Waals surface area contributed by atoms with Crippen molar-refractivity contribution in [2.45, 2.75) is 43.4 Å². The fraction of sp³-hybridized carbons (Fsp3) is 0.407. The van der Waals surface area contributed by atoms with E-state index in [1.807, 2.05) is 43.5 Å². The molecule has 0 amide bonds. The van der Waals surface area contributed by atoms with Gasteiger partial charge in [0.05, 0.1) is 17.8 Å². The summed E-state index contributed by atoms with van der Waals surface area (Å²) in [5.41, 5.74) is 3.78. The summed E-state index contributed by atoms with van der Waals surface area (Å²) in [6, 6.07) is 13.7. The van der Waals surface area contributed by atoms with Crippen molar-refractivity contribution in [2.75, 3.05) is 43.6 Å². The average Bonchev–Trinajstić information content (AvgIpc) is 3.16. The van der Waals surface area contributed by atoms with Crippen molar-refractivity contribution in [3.05, 3.63) is 53.7 Å². The van der Waals surface area contributed by atoms with Gasteiger partial charge < -0.3 is 20.1 Å². The maximum Gasteiger partial charge on any atom is 0.406 e. The van der Waals surface area contributed by atoms with E-state index >= 15 is 0 Å². The molecule has 35 heavy (non-hydrogen) atoms. The molecule has 2 N–H and O–H groups in total. The summed E-state index contributed by atoms with van der Waals surface area (Å²) in [6.07, 6.45) is -0.312. The Morgan fingerprint density at radius 3 is 2.46 bits per heavy atom. The number of nitrogens with one attached hydrogen (secondary N) is 2. The Morgan fingerprint density at radius 1 is 1.09 bits per heavy atom. The molecule has 2 heterocycles. The zero-order chi connectivity index (χ0) is 25.0. The van der Waals surface area contributed by atoms with E-state index in [4.69, 9.17) is 0 Å². The van der Waals surface area contributed by atoms with E-state index in [2.05, 4.69) is 34.4 Å². The standard InChI is InChI=1S/C27H31F3N4S/c1-19-6-11-25-24(26(19)32-21-12-15-33(2)16-13-21)17-22(34(25)18-27(28,29)30)5-4-14-31-20-7-9-23(35-3)10-8-20/h6-11,17,21,31-32H,12-16,18H2,1-3H3. The molecule has 1 fully saturated rings. The van der Waals surface area contributed by atoms with E-state index in [1.54, 1.807) is 23.9 Å². The highest BCUT2D eigenvalue weighted by Gasteiger charge is 2.30. The minimum atomic E-state index is -4.34. The molecule has 4 nitrogen and oxygen atoms in total. The summed E-state index contributed by atoms with van der Waals surface area (Å²) < 4.78 is 41.7. The molecule has 1 saturated heterocycles. The predicted octanol–water partition coefficient (Wildman–Crippen LogP) is 6.20. The van der Waals surface area contributed by atoms with Gasteiger partial charge in [-0.2, -0.15) is 13.2 Å². The summed E-state index contributed by atoms with van der Waals surface area (Å²) in [7, 11) is 2.11. The Labute approximate surface area is 209 Å². The van der Waals surface area contributed by atoms with Gasteiger partial charge in [0.1, 0.15) is 6.54 Å². The number of nitrogens with zero attached hydrogens (tertiary/aromatic N) is 2. The molecule has 0 aliphatic carbocycles. The monoisotopic (exact) mass is 500 g/mol. The number of rotatable bonds is 6. The fourth-order valence-corrected chi connectivity index (χ4v) is 4.84. The first-order valence-electron chi connectivity index (χ1n) is 11.7. The first kappa shape index (κ1) is 25.3. The largest absolute Gasteiger partial charge is 0.406 e. The number of alkyl halides is 3. The van der Waals surface area contributed by atoms with Gasteiger partial charge >= 0.3 is 6.18 Å². The third-order valence-electron chi connectivity index (χ3n) is 6.39. The molecule has 0 atom stereocenters. The van der Waals surface area contributed by atoms with Gasteiger partial charge in [0.2, 0.25) is 0 Å². The molecule has 0 unspecified atom stereocenters. The summed E-state index contributed by atoms with van der Waals surface area (Å²) in [5, 5.41) is 7.64. The number of likely N-dealkylation sites (tertiary alicyclic amines) is 1. The highest BCUT2D eigenvalue weighted by atomic mass is 32.2. The van der Waals surface area contributed by atoms with Crippen molar-refractivity contribution >= 4 is 34.0 Å². The van der Waals surface area contributed by atoms with Crippen LogP contribution in [0.3, 0.4) is 0 Å². The number of hydrogen-bond donors (Lipinski definition) is 2. The van der Waals surface area contributed by atoms with Crippen LogP contribution in [0.25, 0.3) is 10.9 Å². The van der Waals surface area contributed by atoms with Crippen molar-refractivity contribution in [3.63, 3.8) is 0 Å². The second-order valence-corrected chi connectivity index (χ2v) is 9.91. The molecule has 1 aliphatic rings. The average molecular weight is 501 g/mol. The third kappa shape index (κ3) is 6.47. The summed E-state index contributed by atoms with van der Waals surface area (Å²) >= 11 is 1.67. The first-order valence-corrected chi connectivity index (χ1v) is 13.0. The van der Waals surface area contributed by atoms with Gasteiger partial charge in [-0.25, -0.2) is 0 Å². The first-order chi connectivity index (χ1) is 16.7. The minimum Gasteiger partial charge on any atom is -0.381 e. The molecule has 186 valence electrons. The van der Waals surface area contributed by atoms with Crippen molar-refractivity contribution < 1.29 is 13.2 Å². The van der Waals surface area contributed by atoms with E-state index in [0.29, 0.717) is 23.8 Å². The van der Waals surface area contributed by atoms with Crippen LogP contribution < -0.4 is 10.6 Å².